The molecule has 3 rings (SSSR count). The van der Waals surface area contributed by atoms with E-state index in [1.54, 1.807) is 0 Å². The van der Waals surface area contributed by atoms with Gasteiger partial charge in [-0.15, -0.1) is 0 Å². The highest BCUT2D eigenvalue weighted by Crippen LogP contribution is 2.32. The van der Waals surface area contributed by atoms with Crippen LogP contribution < -0.4 is 5.32 Å². The van der Waals surface area contributed by atoms with E-state index in [0.717, 1.165) is 31.5 Å². The van der Waals surface area contributed by atoms with Gasteiger partial charge in [-0.3, -0.25) is 4.79 Å². The highest BCUT2D eigenvalue weighted by Gasteiger charge is 2.26. The van der Waals surface area contributed by atoms with E-state index in [4.69, 9.17) is 4.74 Å². The van der Waals surface area contributed by atoms with Crippen LogP contribution in [0.15, 0.2) is 36.4 Å². The molecule has 2 heterocycles. The molecule has 0 aromatic heterocycles. The number of carbonyl (C=O) groups excluding carboxylic acids is 1. The maximum Gasteiger partial charge on any atom is 0.210 e. The van der Waals surface area contributed by atoms with Gasteiger partial charge in [0, 0.05) is 13.1 Å². The number of carbonyl (C=O) groups is 1. The molecule has 2 aliphatic rings. The summed E-state index contributed by atoms with van der Waals surface area (Å²) >= 11 is 0. The number of nitrogens with zero attached hydrogens (tertiary/aromatic N) is 1. The van der Waals surface area contributed by atoms with Gasteiger partial charge in [0.2, 0.25) is 6.41 Å². The molecule has 4 nitrogen and oxygen atoms in total. The van der Waals surface area contributed by atoms with E-state index in [-0.39, 0.29) is 24.9 Å². The maximum atomic E-state index is 12.0. The Morgan fingerprint density at radius 3 is 2.83 bits per heavy atom. The van der Waals surface area contributed by atoms with Crippen molar-refractivity contribution in [2.45, 2.75) is 38.5 Å². The molecule has 0 radical (unpaired) electrons. The molecular weight excluding hydrogens is 307 g/mol. The smallest absolute Gasteiger partial charge is 0.210 e. The monoisotopic (exact) mass is 334 g/mol. The van der Waals surface area contributed by atoms with E-state index in [2.05, 4.69) is 24.0 Å². The molecule has 1 fully saturated rings. The number of alkyl halides is 1. The Balaban J connectivity index is 0.000000198. The number of ether oxygens (including phenoxy) is 1. The molecule has 2 aliphatic heterocycles. The van der Waals surface area contributed by atoms with Crippen LogP contribution in [0.25, 0.3) is 0 Å². The summed E-state index contributed by atoms with van der Waals surface area (Å²) in [5.41, 5.74) is 3.58. The highest BCUT2D eigenvalue weighted by molar-refractivity contribution is 5.53. The van der Waals surface area contributed by atoms with Crippen LogP contribution in [0.4, 0.5) is 4.39 Å². The molecule has 132 valence electrons. The van der Waals surface area contributed by atoms with Crippen LogP contribution in [0.5, 0.6) is 0 Å². The fourth-order valence-electron chi connectivity index (χ4n) is 3.20. The Hall–Kier alpha value is -1.72. The minimum atomic E-state index is -0.332. The van der Waals surface area contributed by atoms with Gasteiger partial charge in [0.15, 0.2) is 0 Å². The molecule has 1 aromatic carbocycles. The number of halogens is 1. The van der Waals surface area contributed by atoms with Gasteiger partial charge in [-0.1, -0.05) is 36.4 Å². The Bertz CT molecular complexity index is 564. The molecule has 1 saturated heterocycles. The van der Waals surface area contributed by atoms with Crippen molar-refractivity contribution in [3.63, 3.8) is 0 Å². The molecule has 0 spiro atoms. The van der Waals surface area contributed by atoms with Gasteiger partial charge in [0.05, 0.1) is 24.8 Å². The molecule has 0 aliphatic carbocycles. The minimum absolute atomic E-state index is 0.0312. The van der Waals surface area contributed by atoms with Crippen molar-refractivity contribution in [2.24, 2.45) is 0 Å². The summed E-state index contributed by atoms with van der Waals surface area (Å²) in [6, 6.07) is 8.26. The van der Waals surface area contributed by atoms with Gasteiger partial charge in [0.1, 0.15) is 6.67 Å². The second-order valence-corrected chi connectivity index (χ2v) is 6.33. The number of amides is 1. The van der Waals surface area contributed by atoms with Crippen molar-refractivity contribution in [1.29, 1.82) is 0 Å². The topological polar surface area (TPSA) is 41.6 Å². The number of nitrogens with one attached hydrogen (secondary N) is 1. The molecule has 1 aromatic rings. The Kier molecular flexibility index (Phi) is 6.94. The molecule has 1 amide bonds. The summed E-state index contributed by atoms with van der Waals surface area (Å²) in [7, 11) is 0. The fraction of sp³-hybridized carbons (Fsp3) is 0.526. The Morgan fingerprint density at radius 2 is 2.25 bits per heavy atom. The third kappa shape index (κ3) is 4.42. The second-order valence-electron chi connectivity index (χ2n) is 6.33. The van der Waals surface area contributed by atoms with E-state index in [1.165, 1.54) is 11.1 Å². The van der Waals surface area contributed by atoms with Crippen molar-refractivity contribution in [3.8, 4) is 0 Å². The molecule has 0 saturated carbocycles. The summed E-state index contributed by atoms with van der Waals surface area (Å²) in [5.74, 6) is 0. The lowest BCUT2D eigenvalue weighted by Gasteiger charge is -2.35. The summed E-state index contributed by atoms with van der Waals surface area (Å²) < 4.78 is 17.2. The fourth-order valence-corrected chi connectivity index (χ4v) is 3.20. The average Bonchev–Trinajstić information content (AvgIpc) is 2.61. The first kappa shape index (κ1) is 18.6. The first-order chi connectivity index (χ1) is 11.6. The van der Waals surface area contributed by atoms with E-state index in [1.807, 2.05) is 30.9 Å². The predicted octanol–water partition coefficient (Wildman–Crippen LogP) is 2.65. The van der Waals surface area contributed by atoms with Crippen LogP contribution in [0.2, 0.25) is 0 Å². The van der Waals surface area contributed by atoms with Crippen LogP contribution in [0.3, 0.4) is 0 Å². The second kappa shape index (κ2) is 8.94. The van der Waals surface area contributed by atoms with Crippen molar-refractivity contribution >= 4 is 6.41 Å². The lowest BCUT2D eigenvalue weighted by Crippen LogP contribution is -2.48. The molecular formula is C19H27FN2O2. The van der Waals surface area contributed by atoms with E-state index < -0.39 is 0 Å². The number of rotatable bonds is 3. The van der Waals surface area contributed by atoms with Crippen molar-refractivity contribution < 1.29 is 13.9 Å². The third-order valence-corrected chi connectivity index (χ3v) is 4.55. The van der Waals surface area contributed by atoms with Gasteiger partial charge in [0.25, 0.3) is 0 Å². The lowest BCUT2D eigenvalue weighted by atomic mass is 9.89. The highest BCUT2D eigenvalue weighted by atomic mass is 19.1. The van der Waals surface area contributed by atoms with Crippen molar-refractivity contribution in [3.05, 3.63) is 47.5 Å². The van der Waals surface area contributed by atoms with Crippen LogP contribution in [-0.2, 0) is 16.0 Å². The molecule has 24 heavy (non-hydrogen) atoms. The average molecular weight is 334 g/mol. The van der Waals surface area contributed by atoms with Crippen LogP contribution in [0, 0.1) is 0 Å². The number of hydrogen-bond acceptors (Lipinski definition) is 3. The minimum Gasteiger partial charge on any atom is -0.375 e. The van der Waals surface area contributed by atoms with Gasteiger partial charge in [-0.25, -0.2) is 4.39 Å². The maximum absolute atomic E-state index is 12.0. The van der Waals surface area contributed by atoms with E-state index in [0.29, 0.717) is 6.61 Å². The summed E-state index contributed by atoms with van der Waals surface area (Å²) in [5, 5.41) is 3.02. The van der Waals surface area contributed by atoms with E-state index in [9.17, 15) is 9.18 Å². The zero-order valence-electron chi connectivity index (χ0n) is 14.5. The van der Waals surface area contributed by atoms with Crippen molar-refractivity contribution in [2.75, 3.05) is 26.4 Å². The first-order valence-electron chi connectivity index (χ1n) is 8.43. The zero-order valence-corrected chi connectivity index (χ0v) is 14.5. The molecule has 0 bridgehead atoms. The Labute approximate surface area is 143 Å². The molecule has 3 atom stereocenters. The van der Waals surface area contributed by atoms with Crippen LogP contribution >= 0.6 is 0 Å². The number of benzene rings is 1. The van der Waals surface area contributed by atoms with Gasteiger partial charge in [-0.2, -0.15) is 0 Å². The number of hydrogen-bond donors (Lipinski definition) is 1. The van der Waals surface area contributed by atoms with Crippen molar-refractivity contribution in [1.82, 2.24) is 10.2 Å². The summed E-state index contributed by atoms with van der Waals surface area (Å²) in [6.07, 6.45) is 1.90. The third-order valence-electron chi connectivity index (χ3n) is 4.55. The van der Waals surface area contributed by atoms with Gasteiger partial charge < -0.3 is 15.0 Å². The molecule has 1 N–H and O–H groups in total. The summed E-state index contributed by atoms with van der Waals surface area (Å²) in [4.78, 5) is 12.8. The molecule has 5 heteroatoms. The largest absolute Gasteiger partial charge is 0.375 e. The quantitative estimate of drug-likeness (QED) is 0.682. The SMILES string of the molecule is C=C(C)[C@H]1c2ccccc2CCN1C=O.C[C@@H]1OCCN[C@H]1CF. The normalized spacial score (nSPS) is 26.0. The van der Waals surface area contributed by atoms with Crippen LogP contribution in [0.1, 0.15) is 31.0 Å². The van der Waals surface area contributed by atoms with E-state index >= 15 is 0 Å². The van der Waals surface area contributed by atoms with Gasteiger partial charge in [-0.05, 0) is 31.4 Å². The van der Waals surface area contributed by atoms with Crippen LogP contribution in [-0.4, -0.2) is 49.8 Å². The lowest BCUT2D eigenvalue weighted by molar-refractivity contribution is -0.120. The summed E-state index contributed by atoms with van der Waals surface area (Å²) in [6.45, 7) is 9.78. The standard InChI is InChI=1S/C13H15NO.C6H12FNO/c1-10(2)13-12-6-4-3-5-11(12)7-8-14(13)9-15;1-5-6(4-7)8-2-3-9-5/h3-6,9,13H,1,7-8H2,2H3;5-6,8H,2-4H2,1H3/t13-;5-,6-/m00/s1. The zero-order chi connectivity index (χ0) is 17.5. The first-order valence-corrected chi connectivity index (χ1v) is 8.43. The predicted molar refractivity (Wildman–Crippen MR) is 93.7 cm³/mol. The Morgan fingerprint density at radius 1 is 1.50 bits per heavy atom. The molecule has 0 unspecified atom stereocenters. The van der Waals surface area contributed by atoms with Gasteiger partial charge >= 0.3 is 0 Å². The number of morpholine rings is 1. The number of fused-ring (bicyclic) bond motifs is 1.